The van der Waals surface area contributed by atoms with Gasteiger partial charge in [0.15, 0.2) is 0 Å². The second kappa shape index (κ2) is 5.09. The van der Waals surface area contributed by atoms with Gasteiger partial charge in [0, 0.05) is 19.0 Å². The predicted octanol–water partition coefficient (Wildman–Crippen LogP) is 1.26. The standard InChI is InChI=1S/C15H18N2O3S/c1-10-6-13(4-2-11(10)7-16)21(19,20)17-8-12-3-5-15(18)14(12)9-17/h2,4,6,12,14-15,18H,3,5,8-9H2,1H3. The first-order chi connectivity index (χ1) is 9.93. The Hall–Kier alpha value is -1.42. The van der Waals surface area contributed by atoms with Crippen LogP contribution in [0.1, 0.15) is 24.0 Å². The van der Waals surface area contributed by atoms with Gasteiger partial charge < -0.3 is 5.11 Å². The van der Waals surface area contributed by atoms with Crippen LogP contribution in [0.2, 0.25) is 0 Å². The van der Waals surface area contributed by atoms with Crippen LogP contribution in [0.15, 0.2) is 23.1 Å². The van der Waals surface area contributed by atoms with Gasteiger partial charge in [0.05, 0.1) is 22.6 Å². The van der Waals surface area contributed by atoms with Gasteiger partial charge in [-0.15, -0.1) is 0 Å². The SMILES string of the molecule is Cc1cc(S(=O)(=O)N2CC3CCC(O)C3C2)ccc1C#N. The Morgan fingerprint density at radius 2 is 2.10 bits per heavy atom. The number of benzene rings is 1. The molecular formula is C15H18N2O3S. The molecule has 3 atom stereocenters. The van der Waals surface area contributed by atoms with Gasteiger partial charge in [0.25, 0.3) is 0 Å². The van der Waals surface area contributed by atoms with Crippen LogP contribution in [0.25, 0.3) is 0 Å². The van der Waals surface area contributed by atoms with Gasteiger partial charge in [-0.25, -0.2) is 8.42 Å². The Balaban J connectivity index is 1.88. The first-order valence-corrected chi connectivity index (χ1v) is 8.56. The van der Waals surface area contributed by atoms with Crippen molar-refractivity contribution >= 4 is 10.0 Å². The van der Waals surface area contributed by atoms with Crippen molar-refractivity contribution in [3.8, 4) is 6.07 Å². The molecule has 0 radical (unpaired) electrons. The molecule has 1 saturated carbocycles. The molecule has 0 amide bonds. The molecule has 2 aliphatic rings. The zero-order valence-corrected chi connectivity index (χ0v) is 12.7. The molecular weight excluding hydrogens is 288 g/mol. The monoisotopic (exact) mass is 306 g/mol. The van der Waals surface area contributed by atoms with Crippen LogP contribution in [0.4, 0.5) is 0 Å². The van der Waals surface area contributed by atoms with Crippen molar-refractivity contribution in [2.45, 2.75) is 30.8 Å². The molecule has 112 valence electrons. The van der Waals surface area contributed by atoms with Gasteiger partial charge in [0.1, 0.15) is 0 Å². The van der Waals surface area contributed by atoms with Crippen molar-refractivity contribution in [2.75, 3.05) is 13.1 Å². The van der Waals surface area contributed by atoms with Gasteiger partial charge in [-0.3, -0.25) is 0 Å². The Morgan fingerprint density at radius 1 is 1.33 bits per heavy atom. The van der Waals surface area contributed by atoms with Crippen molar-refractivity contribution in [2.24, 2.45) is 11.8 Å². The first-order valence-electron chi connectivity index (χ1n) is 7.12. The number of nitrogens with zero attached hydrogens (tertiary/aromatic N) is 2. The number of hydrogen-bond donors (Lipinski definition) is 1. The molecule has 0 spiro atoms. The van der Waals surface area contributed by atoms with Crippen LogP contribution in [0, 0.1) is 30.1 Å². The molecule has 0 bridgehead atoms. The summed E-state index contributed by atoms with van der Waals surface area (Å²) in [5.74, 6) is 0.341. The fraction of sp³-hybridized carbons (Fsp3) is 0.533. The van der Waals surface area contributed by atoms with E-state index >= 15 is 0 Å². The van der Waals surface area contributed by atoms with Crippen molar-refractivity contribution in [3.05, 3.63) is 29.3 Å². The molecule has 1 aliphatic heterocycles. The summed E-state index contributed by atoms with van der Waals surface area (Å²) in [6.45, 7) is 2.62. The molecule has 2 fully saturated rings. The van der Waals surface area contributed by atoms with Crippen LogP contribution in [-0.4, -0.2) is 37.0 Å². The summed E-state index contributed by atoms with van der Waals surface area (Å²) in [5.41, 5.74) is 1.15. The lowest BCUT2D eigenvalue weighted by Gasteiger charge is -2.18. The highest BCUT2D eigenvalue weighted by molar-refractivity contribution is 7.89. The fourth-order valence-electron chi connectivity index (χ4n) is 3.46. The lowest BCUT2D eigenvalue weighted by atomic mass is 10.00. The van der Waals surface area contributed by atoms with E-state index in [1.54, 1.807) is 19.1 Å². The molecule has 1 heterocycles. The van der Waals surface area contributed by atoms with E-state index in [1.165, 1.54) is 10.4 Å². The highest BCUT2D eigenvalue weighted by Gasteiger charge is 2.45. The molecule has 1 saturated heterocycles. The lowest BCUT2D eigenvalue weighted by molar-refractivity contribution is 0.129. The van der Waals surface area contributed by atoms with Gasteiger partial charge >= 0.3 is 0 Å². The molecule has 1 N–H and O–H groups in total. The maximum absolute atomic E-state index is 12.7. The van der Waals surface area contributed by atoms with Crippen LogP contribution < -0.4 is 0 Å². The molecule has 3 rings (SSSR count). The molecule has 0 aromatic heterocycles. The number of aryl methyl sites for hydroxylation is 1. The van der Waals surface area contributed by atoms with E-state index in [-0.39, 0.29) is 22.8 Å². The van der Waals surface area contributed by atoms with Crippen LogP contribution in [-0.2, 0) is 10.0 Å². The van der Waals surface area contributed by atoms with E-state index in [0.717, 1.165) is 12.8 Å². The molecule has 1 aliphatic carbocycles. The lowest BCUT2D eigenvalue weighted by Crippen LogP contribution is -2.31. The molecule has 21 heavy (non-hydrogen) atoms. The highest BCUT2D eigenvalue weighted by atomic mass is 32.2. The van der Waals surface area contributed by atoms with Gasteiger partial charge in [-0.05, 0) is 49.4 Å². The Labute approximate surface area is 124 Å². The zero-order chi connectivity index (χ0) is 15.2. The molecule has 3 unspecified atom stereocenters. The fourth-order valence-corrected chi connectivity index (χ4v) is 5.08. The summed E-state index contributed by atoms with van der Waals surface area (Å²) in [6.07, 6.45) is 1.29. The Kier molecular flexibility index (Phi) is 3.52. The minimum absolute atomic E-state index is 0.0688. The summed E-state index contributed by atoms with van der Waals surface area (Å²) in [7, 11) is -3.54. The summed E-state index contributed by atoms with van der Waals surface area (Å²) < 4.78 is 26.8. The number of nitriles is 1. The maximum atomic E-state index is 12.7. The van der Waals surface area contributed by atoms with Crippen molar-refractivity contribution in [3.63, 3.8) is 0 Å². The Morgan fingerprint density at radius 3 is 2.71 bits per heavy atom. The van der Waals surface area contributed by atoms with Gasteiger partial charge in [-0.1, -0.05) is 0 Å². The third-order valence-corrected chi connectivity index (χ3v) is 6.57. The summed E-state index contributed by atoms with van der Waals surface area (Å²) in [5, 5.41) is 18.8. The molecule has 5 nitrogen and oxygen atoms in total. The van der Waals surface area contributed by atoms with Crippen LogP contribution >= 0.6 is 0 Å². The van der Waals surface area contributed by atoms with Crippen LogP contribution in [0.5, 0.6) is 0 Å². The topological polar surface area (TPSA) is 81.4 Å². The van der Waals surface area contributed by atoms with E-state index < -0.39 is 10.0 Å². The quantitative estimate of drug-likeness (QED) is 0.892. The largest absolute Gasteiger partial charge is 0.393 e. The number of rotatable bonds is 2. The minimum Gasteiger partial charge on any atom is -0.393 e. The number of sulfonamides is 1. The Bertz CT molecular complexity index is 708. The normalized spacial score (nSPS) is 29.3. The van der Waals surface area contributed by atoms with E-state index in [2.05, 4.69) is 0 Å². The van der Waals surface area contributed by atoms with Crippen molar-refractivity contribution < 1.29 is 13.5 Å². The maximum Gasteiger partial charge on any atom is 0.243 e. The summed E-state index contributed by atoms with van der Waals surface area (Å²) in [6, 6.07) is 6.64. The second-order valence-corrected chi connectivity index (χ2v) is 7.92. The van der Waals surface area contributed by atoms with E-state index in [4.69, 9.17) is 5.26 Å². The van der Waals surface area contributed by atoms with Crippen LogP contribution in [0.3, 0.4) is 0 Å². The van der Waals surface area contributed by atoms with E-state index in [9.17, 15) is 13.5 Å². The summed E-state index contributed by atoms with van der Waals surface area (Å²) in [4.78, 5) is 0.230. The van der Waals surface area contributed by atoms with Gasteiger partial charge in [0.2, 0.25) is 10.0 Å². The molecule has 1 aromatic rings. The molecule has 1 aromatic carbocycles. The van der Waals surface area contributed by atoms with Crippen molar-refractivity contribution in [1.82, 2.24) is 4.31 Å². The number of hydrogen-bond acceptors (Lipinski definition) is 4. The smallest absolute Gasteiger partial charge is 0.243 e. The average Bonchev–Trinajstić information content (AvgIpc) is 3.02. The van der Waals surface area contributed by atoms with Crippen molar-refractivity contribution in [1.29, 1.82) is 5.26 Å². The summed E-state index contributed by atoms with van der Waals surface area (Å²) >= 11 is 0. The van der Waals surface area contributed by atoms with E-state index in [1.807, 2.05) is 6.07 Å². The zero-order valence-electron chi connectivity index (χ0n) is 11.9. The number of fused-ring (bicyclic) bond motifs is 1. The first kappa shape index (κ1) is 14.5. The second-order valence-electron chi connectivity index (χ2n) is 5.98. The van der Waals surface area contributed by atoms with Gasteiger partial charge in [-0.2, -0.15) is 9.57 Å². The average molecular weight is 306 g/mol. The number of aliphatic hydroxyl groups excluding tert-OH is 1. The third-order valence-electron chi connectivity index (χ3n) is 4.74. The minimum atomic E-state index is -3.54. The predicted molar refractivity (Wildman–Crippen MR) is 76.9 cm³/mol. The highest BCUT2D eigenvalue weighted by Crippen LogP contribution is 2.40. The third kappa shape index (κ3) is 2.35. The number of aliphatic hydroxyl groups is 1. The molecule has 6 heteroatoms. The van der Waals surface area contributed by atoms with E-state index in [0.29, 0.717) is 24.2 Å².